The molecule has 0 N–H and O–H groups in total. The molecule has 0 atom stereocenters. The van der Waals surface area contributed by atoms with Crippen molar-refractivity contribution in [2.24, 2.45) is 0 Å². The van der Waals surface area contributed by atoms with Crippen LogP contribution in [0.25, 0.3) is 42.7 Å². The zero-order valence-electron chi connectivity index (χ0n) is 32.6. The van der Waals surface area contributed by atoms with Crippen molar-refractivity contribution in [2.45, 2.75) is 75.4 Å². The average Bonchev–Trinajstić information content (AvgIpc) is 4.04. The van der Waals surface area contributed by atoms with E-state index < -0.39 is 34.3 Å². The normalized spacial score (nSPS) is 18.2. The van der Waals surface area contributed by atoms with Crippen LogP contribution in [0.3, 0.4) is 0 Å². The summed E-state index contributed by atoms with van der Waals surface area (Å²) in [4.78, 5) is 73.3. The molecule has 2 aliphatic heterocycles. The Bertz CT molecular complexity index is 2910. The van der Waals surface area contributed by atoms with Crippen LogP contribution in [0, 0.1) is 35.8 Å². The number of ether oxygens (including phenoxy) is 2. The lowest BCUT2D eigenvalue weighted by Gasteiger charge is -2.43. The maximum atomic E-state index is 13.7. The van der Waals surface area contributed by atoms with Crippen LogP contribution in [0.2, 0.25) is 0 Å². The first-order valence-corrected chi connectivity index (χ1v) is 21.9. The number of carbonyl (C=O) groups excluding carboxylic acids is 4. The number of hydrogen-bond donors (Lipinski definition) is 0. The second kappa shape index (κ2) is 13.6. The Morgan fingerprint density at radius 3 is 1.29 bits per heavy atom. The molecule has 298 valence electrons. The van der Waals surface area contributed by atoms with E-state index in [2.05, 4.69) is 9.69 Å². The Morgan fingerprint density at radius 2 is 0.935 bits per heavy atom. The Hall–Kier alpha value is -7.36. The molecule has 14 heteroatoms. The van der Waals surface area contributed by atoms with E-state index in [1.165, 1.54) is 59.1 Å². The van der Waals surface area contributed by atoms with Gasteiger partial charge < -0.3 is 9.47 Å². The maximum absolute atomic E-state index is 13.7. The lowest BCUT2D eigenvalue weighted by molar-refractivity contribution is 0.0163. The summed E-state index contributed by atoms with van der Waals surface area (Å²) in [6, 6.07) is 13.1. The predicted molar refractivity (Wildman–Crippen MR) is 228 cm³/mol. The summed E-state index contributed by atoms with van der Waals surface area (Å²) < 4.78 is 14.1. The van der Waals surface area contributed by atoms with Crippen LogP contribution in [-0.2, 0) is 11.2 Å². The highest BCUT2D eigenvalue weighted by molar-refractivity contribution is 7.16. The number of benzene rings is 3. The average molecular weight is 849 g/mol. The third-order valence-electron chi connectivity index (χ3n) is 12.9. The standard InChI is InChI=1S/C48H28N6O6S2/c1-51-33-15-27-28(16-34(33)52-2)42(58)32(41(27)57)20-38-54-46-44(62-38)30-18-35-29(17-36(30)60-48(46)11-7-4-8-12-48)43-45(47(59-35)9-5-3-6-10-47)53-37(61-43)19-31-39(55)25-13-23(21-49)24(22-50)14-26(25)40(31)56/h13-20H,3-12H2. The largest absolute Gasteiger partial charge is 0.480 e. The number of nitriles is 2. The van der Waals surface area contributed by atoms with Crippen LogP contribution in [0.15, 0.2) is 47.5 Å². The highest BCUT2D eigenvalue weighted by Gasteiger charge is 2.49. The van der Waals surface area contributed by atoms with Crippen LogP contribution < -0.4 is 9.47 Å². The molecule has 0 bridgehead atoms. The van der Waals surface area contributed by atoms with Crippen LogP contribution in [-0.4, -0.2) is 33.1 Å². The van der Waals surface area contributed by atoms with Gasteiger partial charge in [0.15, 0.2) is 45.7 Å². The summed E-state index contributed by atoms with van der Waals surface area (Å²) in [5.74, 6) is -0.777. The number of fused-ring (bicyclic) bond motifs is 10. The van der Waals surface area contributed by atoms with Crippen molar-refractivity contribution < 1.29 is 28.7 Å². The second-order valence-corrected chi connectivity index (χ2v) is 18.4. The molecule has 12 nitrogen and oxygen atoms in total. The highest BCUT2D eigenvalue weighted by atomic mass is 32.1. The van der Waals surface area contributed by atoms with Crippen molar-refractivity contribution >= 4 is 69.3 Å². The van der Waals surface area contributed by atoms with E-state index in [-0.39, 0.29) is 55.9 Å². The van der Waals surface area contributed by atoms with Gasteiger partial charge in [-0.2, -0.15) is 10.5 Å². The Kier molecular flexibility index (Phi) is 8.24. The number of ketones is 4. The highest BCUT2D eigenvalue weighted by Crippen LogP contribution is 2.59. The molecule has 2 saturated carbocycles. The minimum atomic E-state index is -0.747. The lowest BCUT2D eigenvalue weighted by atomic mass is 9.78. The third kappa shape index (κ3) is 5.31. The predicted octanol–water partition coefficient (Wildman–Crippen LogP) is 10.8. The van der Waals surface area contributed by atoms with Crippen molar-refractivity contribution in [1.29, 1.82) is 10.5 Å². The van der Waals surface area contributed by atoms with E-state index in [0.29, 0.717) is 21.5 Å². The van der Waals surface area contributed by atoms with E-state index in [9.17, 15) is 29.7 Å². The number of hydrogen-bond acceptors (Lipinski definition) is 12. The van der Waals surface area contributed by atoms with Crippen LogP contribution >= 0.6 is 22.7 Å². The summed E-state index contributed by atoms with van der Waals surface area (Å²) >= 11 is 2.74. The van der Waals surface area contributed by atoms with Crippen LogP contribution in [0.4, 0.5) is 11.4 Å². The summed E-state index contributed by atoms with van der Waals surface area (Å²) in [5, 5.41) is 20.1. The lowest BCUT2D eigenvalue weighted by Crippen LogP contribution is -2.39. The number of carbonyl (C=O) groups is 4. The molecule has 6 aliphatic rings. The van der Waals surface area contributed by atoms with Crippen molar-refractivity contribution in [2.75, 3.05) is 0 Å². The van der Waals surface area contributed by atoms with Gasteiger partial charge in [-0.25, -0.2) is 9.97 Å². The van der Waals surface area contributed by atoms with E-state index in [4.69, 9.17) is 32.6 Å². The molecular formula is C48H28N6O6S2. The van der Waals surface area contributed by atoms with Gasteiger partial charge in [0.1, 0.15) is 45.0 Å². The zero-order chi connectivity index (χ0) is 42.7. The van der Waals surface area contributed by atoms with E-state index in [1.54, 1.807) is 0 Å². The van der Waals surface area contributed by atoms with Crippen molar-refractivity contribution in [1.82, 2.24) is 9.97 Å². The quantitative estimate of drug-likeness (QED) is 0.0946. The van der Waals surface area contributed by atoms with Gasteiger partial charge in [0.2, 0.25) is 0 Å². The summed E-state index contributed by atoms with van der Waals surface area (Å²) in [5.41, 5.74) is 1.94. The van der Waals surface area contributed by atoms with E-state index >= 15 is 0 Å². The molecule has 2 fully saturated rings. The maximum Gasteiger partial charge on any atom is 0.197 e. The molecule has 4 aliphatic carbocycles. The van der Waals surface area contributed by atoms with Gasteiger partial charge in [-0.3, -0.25) is 28.9 Å². The Balaban J connectivity index is 1.02. The molecule has 0 saturated heterocycles. The molecule has 4 heterocycles. The topological polar surface area (TPSA) is 169 Å². The molecule has 62 heavy (non-hydrogen) atoms. The van der Waals surface area contributed by atoms with E-state index in [1.807, 2.05) is 24.3 Å². The summed E-state index contributed by atoms with van der Waals surface area (Å²) in [6.07, 6.45) is 11.7. The van der Waals surface area contributed by atoms with Crippen molar-refractivity contribution in [3.05, 3.63) is 125 Å². The molecule has 2 aromatic heterocycles. The molecule has 0 radical (unpaired) electrons. The summed E-state index contributed by atoms with van der Waals surface area (Å²) in [7, 11) is 0. The number of rotatable bonds is 2. The Morgan fingerprint density at radius 1 is 0.565 bits per heavy atom. The van der Waals surface area contributed by atoms with Gasteiger partial charge in [0.05, 0.1) is 45.2 Å². The second-order valence-electron chi connectivity index (χ2n) is 16.3. The van der Waals surface area contributed by atoms with E-state index in [0.717, 1.165) is 96.5 Å². The molecule has 2 spiro atoms. The summed E-state index contributed by atoms with van der Waals surface area (Å²) in [6.45, 7) is 14.9. The van der Waals surface area contributed by atoms with Gasteiger partial charge >= 0.3 is 0 Å². The van der Waals surface area contributed by atoms with Crippen LogP contribution in [0.5, 0.6) is 11.5 Å². The fourth-order valence-electron chi connectivity index (χ4n) is 9.89. The minimum Gasteiger partial charge on any atom is -0.480 e. The van der Waals surface area contributed by atoms with Gasteiger partial charge in [-0.05, 0) is 87.8 Å². The molecule has 5 aromatic rings. The molecule has 0 amide bonds. The molecule has 3 aromatic carbocycles. The molecule has 11 rings (SSSR count). The van der Waals surface area contributed by atoms with Gasteiger partial charge in [0.25, 0.3) is 0 Å². The smallest absolute Gasteiger partial charge is 0.197 e. The minimum absolute atomic E-state index is 0.0231. The first kappa shape index (κ1) is 37.6. The first-order chi connectivity index (χ1) is 30.1. The fourth-order valence-corrected chi connectivity index (χ4v) is 12.1. The number of allylic oxidation sites excluding steroid dienone is 2. The number of aromatic nitrogens is 2. The monoisotopic (exact) mass is 848 g/mol. The SMILES string of the molecule is [C-]#[N+]c1cc2c(cc1[N+]#[C-])C(=O)C(=Cc1nc3c(s1)-c1cc4c(cc1OC31CCCCC1)-c1sc(C=C3C(=O)c5cc(C#N)c(C#N)cc5C3=O)nc1C1(CCCCC1)O4)C2=O. The van der Waals surface area contributed by atoms with Gasteiger partial charge in [0, 0.05) is 33.4 Å². The number of nitrogens with zero attached hydrogens (tertiary/aromatic N) is 6. The van der Waals surface area contributed by atoms with Crippen molar-refractivity contribution in [3.63, 3.8) is 0 Å². The first-order valence-electron chi connectivity index (χ1n) is 20.2. The molecular weight excluding hydrogens is 821 g/mol. The van der Waals surface area contributed by atoms with Gasteiger partial charge in [-0.15, -0.1) is 22.7 Å². The molecule has 0 unspecified atom stereocenters. The van der Waals surface area contributed by atoms with Gasteiger partial charge in [-0.1, -0.05) is 25.0 Å². The zero-order valence-corrected chi connectivity index (χ0v) is 34.3. The van der Waals surface area contributed by atoms with Crippen LogP contribution in [0.1, 0.15) is 138 Å². The number of Topliss-reactive ketones (excluding diaryl/α,β-unsaturated/α-hetero) is 4. The third-order valence-corrected chi connectivity index (χ3v) is 15.0. The Labute approximate surface area is 362 Å². The fraction of sp³-hybridized carbons (Fsp3) is 0.250. The number of thiazole rings is 2. The van der Waals surface area contributed by atoms with Crippen molar-refractivity contribution in [3.8, 4) is 44.5 Å².